The van der Waals surface area contributed by atoms with Crippen molar-refractivity contribution in [2.45, 2.75) is 58.0 Å². The van der Waals surface area contributed by atoms with E-state index >= 15 is 0 Å². The van der Waals surface area contributed by atoms with E-state index in [4.69, 9.17) is 11.6 Å². The van der Waals surface area contributed by atoms with Gasteiger partial charge in [0.05, 0.1) is 6.33 Å². The lowest BCUT2D eigenvalue weighted by Gasteiger charge is -2.17. The van der Waals surface area contributed by atoms with Crippen LogP contribution in [0.5, 0.6) is 0 Å². The molecule has 2 aromatic heterocycles. The van der Waals surface area contributed by atoms with Gasteiger partial charge in [0.15, 0.2) is 11.5 Å². The van der Waals surface area contributed by atoms with Crippen molar-refractivity contribution in [3.05, 3.63) is 11.6 Å². The van der Waals surface area contributed by atoms with E-state index in [1.165, 1.54) is 25.7 Å². The monoisotopic (exact) mass is 293 g/mol. The summed E-state index contributed by atoms with van der Waals surface area (Å²) in [5.41, 5.74) is 1.67. The van der Waals surface area contributed by atoms with Gasteiger partial charge < -0.3 is 9.88 Å². The summed E-state index contributed by atoms with van der Waals surface area (Å²) in [6.45, 7) is 4.28. The highest BCUT2D eigenvalue weighted by Crippen LogP contribution is 2.34. The van der Waals surface area contributed by atoms with Crippen molar-refractivity contribution in [2.24, 2.45) is 0 Å². The highest BCUT2D eigenvalue weighted by atomic mass is 35.5. The minimum atomic E-state index is 0.250. The van der Waals surface area contributed by atoms with Crippen molar-refractivity contribution >= 4 is 28.6 Å². The van der Waals surface area contributed by atoms with E-state index < -0.39 is 0 Å². The molecular formula is C14H20ClN5. The van der Waals surface area contributed by atoms with Crippen LogP contribution in [0.15, 0.2) is 6.33 Å². The molecule has 6 heteroatoms. The average molecular weight is 294 g/mol. The summed E-state index contributed by atoms with van der Waals surface area (Å²) in [5, 5.41) is 3.68. The fourth-order valence-electron chi connectivity index (χ4n) is 2.81. The number of hydrogen-bond acceptors (Lipinski definition) is 4. The Morgan fingerprint density at radius 3 is 2.85 bits per heavy atom. The maximum absolute atomic E-state index is 6.01. The predicted octanol–water partition coefficient (Wildman–Crippen LogP) is 3.81. The molecule has 1 saturated carbocycles. The van der Waals surface area contributed by atoms with Crippen LogP contribution < -0.4 is 5.32 Å². The molecular weight excluding hydrogens is 274 g/mol. The summed E-state index contributed by atoms with van der Waals surface area (Å²) in [4.78, 5) is 13.0. The molecule has 0 spiro atoms. The number of halogens is 1. The Morgan fingerprint density at radius 1 is 1.40 bits per heavy atom. The fraction of sp³-hybridized carbons (Fsp3) is 0.643. The molecule has 3 rings (SSSR count). The largest absolute Gasteiger partial charge is 0.366 e. The third kappa shape index (κ3) is 2.46. The lowest BCUT2D eigenvalue weighted by molar-refractivity contribution is 0.532. The summed E-state index contributed by atoms with van der Waals surface area (Å²) < 4.78 is 2.23. The van der Waals surface area contributed by atoms with Crippen molar-refractivity contribution in [1.82, 2.24) is 19.5 Å². The molecule has 1 fully saturated rings. The van der Waals surface area contributed by atoms with Crippen LogP contribution >= 0.6 is 11.6 Å². The quantitative estimate of drug-likeness (QED) is 0.871. The molecule has 2 heterocycles. The first kappa shape index (κ1) is 13.6. The van der Waals surface area contributed by atoms with Crippen LogP contribution in [0.1, 0.15) is 52.0 Å². The van der Waals surface area contributed by atoms with Crippen LogP contribution in [0, 0.1) is 0 Å². The van der Waals surface area contributed by atoms with E-state index in [0.717, 1.165) is 17.8 Å². The van der Waals surface area contributed by atoms with Gasteiger partial charge in [0.1, 0.15) is 5.52 Å². The average Bonchev–Trinajstić information content (AvgIpc) is 3.06. The number of rotatable bonds is 4. The third-order valence-corrected chi connectivity index (χ3v) is 4.28. The second-order valence-corrected chi connectivity index (χ2v) is 5.90. The normalized spacial score (nSPS) is 17.8. The summed E-state index contributed by atoms with van der Waals surface area (Å²) in [6.07, 6.45) is 7.89. The maximum atomic E-state index is 6.01. The number of fused-ring (bicyclic) bond motifs is 1. The molecule has 0 aliphatic heterocycles. The Hall–Kier alpha value is -1.36. The van der Waals surface area contributed by atoms with E-state index in [1.807, 2.05) is 6.33 Å². The van der Waals surface area contributed by atoms with Gasteiger partial charge in [-0.3, -0.25) is 0 Å². The zero-order valence-electron chi connectivity index (χ0n) is 11.9. The number of nitrogens with one attached hydrogen (secondary N) is 1. The maximum Gasteiger partial charge on any atom is 0.226 e. The molecule has 2 aromatic rings. The van der Waals surface area contributed by atoms with Crippen LogP contribution in [0.2, 0.25) is 5.28 Å². The zero-order chi connectivity index (χ0) is 14.1. The van der Waals surface area contributed by atoms with Crippen LogP contribution in [-0.2, 0) is 0 Å². The molecule has 0 bridgehead atoms. The first-order valence-electron chi connectivity index (χ1n) is 7.35. The topological polar surface area (TPSA) is 55.6 Å². The second kappa shape index (κ2) is 5.56. The summed E-state index contributed by atoms with van der Waals surface area (Å²) in [6, 6.07) is 0.860. The van der Waals surface area contributed by atoms with Crippen molar-refractivity contribution in [1.29, 1.82) is 0 Å². The minimum absolute atomic E-state index is 0.250. The fourth-order valence-corrected chi connectivity index (χ4v) is 2.98. The summed E-state index contributed by atoms with van der Waals surface area (Å²) >= 11 is 6.01. The van der Waals surface area contributed by atoms with Gasteiger partial charge in [0, 0.05) is 12.1 Å². The molecule has 0 aromatic carbocycles. The molecule has 1 N–H and O–H groups in total. The van der Waals surface area contributed by atoms with E-state index in [0.29, 0.717) is 17.7 Å². The van der Waals surface area contributed by atoms with E-state index in [-0.39, 0.29) is 5.28 Å². The van der Waals surface area contributed by atoms with Gasteiger partial charge in [-0.05, 0) is 37.8 Å². The second-order valence-electron chi connectivity index (χ2n) is 5.56. The SMILES string of the molecule is CCC(C)Nc1nc(Cl)nc2ncn(C3CCCC3)c12. The smallest absolute Gasteiger partial charge is 0.226 e. The zero-order valence-corrected chi connectivity index (χ0v) is 12.7. The van der Waals surface area contributed by atoms with E-state index in [2.05, 4.69) is 38.7 Å². The van der Waals surface area contributed by atoms with Crippen LogP contribution in [0.3, 0.4) is 0 Å². The van der Waals surface area contributed by atoms with Gasteiger partial charge in [0.2, 0.25) is 5.28 Å². The van der Waals surface area contributed by atoms with Gasteiger partial charge in [-0.25, -0.2) is 4.98 Å². The molecule has 5 nitrogen and oxygen atoms in total. The van der Waals surface area contributed by atoms with Crippen LogP contribution in [0.4, 0.5) is 5.82 Å². The summed E-state index contributed by atoms with van der Waals surface area (Å²) in [7, 11) is 0. The number of hydrogen-bond donors (Lipinski definition) is 1. The molecule has 1 aliphatic rings. The minimum Gasteiger partial charge on any atom is -0.366 e. The Morgan fingerprint density at radius 2 is 2.15 bits per heavy atom. The van der Waals surface area contributed by atoms with E-state index in [1.54, 1.807) is 0 Å². The molecule has 0 saturated heterocycles. The molecule has 20 heavy (non-hydrogen) atoms. The Bertz CT molecular complexity index is 603. The van der Waals surface area contributed by atoms with Crippen molar-refractivity contribution < 1.29 is 0 Å². The van der Waals surface area contributed by atoms with Crippen molar-refractivity contribution in [3.8, 4) is 0 Å². The number of aromatic nitrogens is 4. The lowest BCUT2D eigenvalue weighted by Crippen LogP contribution is -2.16. The van der Waals surface area contributed by atoms with Gasteiger partial charge >= 0.3 is 0 Å². The first-order valence-corrected chi connectivity index (χ1v) is 7.73. The van der Waals surface area contributed by atoms with Gasteiger partial charge in [-0.2, -0.15) is 9.97 Å². The lowest BCUT2D eigenvalue weighted by atomic mass is 10.2. The number of imidazole rings is 1. The molecule has 108 valence electrons. The Labute approximate surface area is 123 Å². The highest BCUT2D eigenvalue weighted by Gasteiger charge is 2.22. The third-order valence-electron chi connectivity index (χ3n) is 4.11. The highest BCUT2D eigenvalue weighted by molar-refractivity contribution is 6.28. The first-order chi connectivity index (χ1) is 9.69. The van der Waals surface area contributed by atoms with Crippen LogP contribution in [0.25, 0.3) is 11.2 Å². The molecule has 0 amide bonds. The number of nitrogens with zero attached hydrogens (tertiary/aromatic N) is 4. The van der Waals surface area contributed by atoms with Crippen molar-refractivity contribution in [3.63, 3.8) is 0 Å². The Kier molecular flexibility index (Phi) is 3.78. The molecule has 1 aliphatic carbocycles. The van der Waals surface area contributed by atoms with Gasteiger partial charge in [-0.15, -0.1) is 0 Å². The van der Waals surface area contributed by atoms with E-state index in [9.17, 15) is 0 Å². The predicted molar refractivity (Wildman–Crippen MR) is 81.2 cm³/mol. The van der Waals surface area contributed by atoms with Crippen molar-refractivity contribution in [2.75, 3.05) is 5.32 Å². The standard InChI is InChI=1S/C14H20ClN5/c1-3-9(2)17-13-11-12(18-14(15)19-13)16-8-20(11)10-6-4-5-7-10/h8-10H,3-7H2,1-2H3,(H,17,18,19). The summed E-state index contributed by atoms with van der Waals surface area (Å²) in [5.74, 6) is 0.804. The number of anilines is 1. The molecule has 1 unspecified atom stereocenters. The van der Waals surface area contributed by atoms with Gasteiger partial charge in [0.25, 0.3) is 0 Å². The molecule has 0 radical (unpaired) electrons. The Balaban J connectivity index is 2.08. The van der Waals surface area contributed by atoms with Crippen LogP contribution in [-0.4, -0.2) is 25.6 Å². The van der Waals surface area contributed by atoms with Gasteiger partial charge in [-0.1, -0.05) is 19.8 Å². The molecule has 1 atom stereocenters.